The number of benzene rings is 1. The van der Waals surface area contributed by atoms with E-state index in [1.165, 1.54) is 44.1 Å². The van der Waals surface area contributed by atoms with Crippen LogP contribution in [0.4, 0.5) is 0 Å². The Morgan fingerprint density at radius 2 is 1.86 bits per heavy atom. The fourth-order valence-corrected chi connectivity index (χ4v) is 8.39. The summed E-state index contributed by atoms with van der Waals surface area (Å²) in [5, 5.41) is 0.598. The second-order valence-corrected chi connectivity index (χ2v) is 11.6. The van der Waals surface area contributed by atoms with Crippen molar-refractivity contribution in [3.8, 4) is 5.75 Å². The predicted octanol–water partition coefficient (Wildman–Crippen LogP) is 4.19. The van der Waals surface area contributed by atoms with Crippen molar-refractivity contribution < 1.29 is 23.9 Å². The standard InChI is InChI=1S/C27H36N2O5S/c1-4-28-24(30)21-22(25(28)31)27(26(32)34-3)14-8-9-15-29(27)23(21)17-12-13-20(19(16-17)33-2)35-18-10-6-5-7-11-18/h12-13,16,18,21-23H,4-11,14-15H2,1-3H3/t21-,22-,23-,27+/m1/s1. The number of thioether (sulfide) groups is 1. The second-order valence-electron chi connectivity index (χ2n) is 10.2. The molecule has 1 aromatic carbocycles. The lowest BCUT2D eigenvalue weighted by Gasteiger charge is -2.44. The van der Waals surface area contributed by atoms with Gasteiger partial charge in [0, 0.05) is 22.7 Å². The SMILES string of the molecule is CCN1C(=O)[C@H]2[C@@H](c3ccc(SC4CCCCC4)c(OC)c3)N3CCCC[C@@]3(C(=O)OC)[C@H]2C1=O. The highest BCUT2D eigenvalue weighted by atomic mass is 32.2. The van der Waals surface area contributed by atoms with E-state index in [4.69, 9.17) is 9.47 Å². The lowest BCUT2D eigenvalue weighted by molar-refractivity contribution is -0.164. The molecule has 4 atom stereocenters. The van der Waals surface area contributed by atoms with E-state index in [-0.39, 0.29) is 17.9 Å². The smallest absolute Gasteiger partial charge is 0.327 e. The van der Waals surface area contributed by atoms with Gasteiger partial charge < -0.3 is 9.47 Å². The van der Waals surface area contributed by atoms with Crippen molar-refractivity contribution >= 4 is 29.5 Å². The molecule has 1 aliphatic carbocycles. The number of fused-ring (bicyclic) bond motifs is 3. The number of esters is 1. The number of piperidine rings is 1. The number of hydrogen-bond donors (Lipinski definition) is 0. The monoisotopic (exact) mass is 500 g/mol. The maximum atomic E-state index is 13.6. The molecule has 4 aliphatic rings. The number of hydrogen-bond acceptors (Lipinski definition) is 7. The summed E-state index contributed by atoms with van der Waals surface area (Å²) in [6.45, 7) is 2.78. The largest absolute Gasteiger partial charge is 0.496 e. The first-order chi connectivity index (χ1) is 17.0. The number of ether oxygens (including phenoxy) is 2. The van der Waals surface area contributed by atoms with Crippen LogP contribution in [0.3, 0.4) is 0 Å². The normalized spacial score (nSPS) is 31.4. The van der Waals surface area contributed by atoms with Gasteiger partial charge in [0.25, 0.3) is 0 Å². The molecular formula is C27H36N2O5S. The van der Waals surface area contributed by atoms with Crippen LogP contribution in [0.1, 0.15) is 69.9 Å². The van der Waals surface area contributed by atoms with E-state index in [2.05, 4.69) is 17.0 Å². The fourth-order valence-electron chi connectivity index (χ4n) is 7.06. The molecule has 35 heavy (non-hydrogen) atoms. The Morgan fingerprint density at radius 1 is 1.09 bits per heavy atom. The van der Waals surface area contributed by atoms with Crippen molar-refractivity contribution in [2.24, 2.45) is 11.8 Å². The summed E-state index contributed by atoms with van der Waals surface area (Å²) < 4.78 is 11.1. The molecule has 2 amide bonds. The van der Waals surface area contributed by atoms with E-state index >= 15 is 0 Å². The van der Waals surface area contributed by atoms with Crippen LogP contribution in [0.5, 0.6) is 5.75 Å². The number of rotatable bonds is 6. The Hall–Kier alpha value is -2.06. The molecule has 190 valence electrons. The zero-order chi connectivity index (χ0) is 24.7. The molecule has 0 radical (unpaired) electrons. The van der Waals surface area contributed by atoms with Crippen LogP contribution in [0.2, 0.25) is 0 Å². The van der Waals surface area contributed by atoms with Crippen LogP contribution in [-0.4, -0.2) is 65.7 Å². The average molecular weight is 501 g/mol. The van der Waals surface area contributed by atoms with Gasteiger partial charge in [-0.05, 0) is 63.3 Å². The first-order valence-corrected chi connectivity index (χ1v) is 13.9. The van der Waals surface area contributed by atoms with E-state index < -0.39 is 23.3 Å². The van der Waals surface area contributed by atoms with Gasteiger partial charge in [0.05, 0.1) is 26.1 Å². The molecule has 1 aromatic rings. The number of carbonyl (C=O) groups excluding carboxylic acids is 3. The number of likely N-dealkylation sites (tertiary alicyclic amines) is 1. The molecule has 0 unspecified atom stereocenters. The molecule has 3 aliphatic heterocycles. The highest BCUT2D eigenvalue weighted by Crippen LogP contribution is 2.58. The maximum Gasteiger partial charge on any atom is 0.327 e. The third kappa shape index (κ3) is 3.79. The first kappa shape index (κ1) is 24.6. The highest BCUT2D eigenvalue weighted by molar-refractivity contribution is 8.00. The molecule has 0 spiro atoms. The van der Waals surface area contributed by atoms with E-state index in [1.807, 2.05) is 24.8 Å². The molecule has 7 nitrogen and oxygen atoms in total. The third-order valence-electron chi connectivity index (χ3n) is 8.58. The van der Waals surface area contributed by atoms with Gasteiger partial charge in [0.1, 0.15) is 11.3 Å². The molecule has 0 bridgehead atoms. The zero-order valence-corrected chi connectivity index (χ0v) is 21.8. The van der Waals surface area contributed by atoms with Crippen LogP contribution >= 0.6 is 11.8 Å². The number of nitrogens with zero attached hydrogens (tertiary/aromatic N) is 2. The summed E-state index contributed by atoms with van der Waals surface area (Å²) in [7, 11) is 3.07. The lowest BCUT2D eigenvalue weighted by atomic mass is 9.75. The Labute approximate surface area is 211 Å². The Morgan fingerprint density at radius 3 is 2.54 bits per heavy atom. The molecule has 8 heteroatoms. The topological polar surface area (TPSA) is 76.2 Å². The summed E-state index contributed by atoms with van der Waals surface area (Å²) in [4.78, 5) is 45.0. The van der Waals surface area contributed by atoms with Gasteiger partial charge in [0.2, 0.25) is 11.8 Å². The zero-order valence-electron chi connectivity index (χ0n) is 21.0. The van der Waals surface area contributed by atoms with Gasteiger partial charge in [0.15, 0.2) is 0 Å². The number of methoxy groups -OCH3 is 2. The Balaban J connectivity index is 1.57. The molecule has 0 aromatic heterocycles. The molecule has 1 saturated carbocycles. The van der Waals surface area contributed by atoms with Crippen molar-refractivity contribution in [2.75, 3.05) is 27.3 Å². The van der Waals surface area contributed by atoms with Crippen LogP contribution in [0.25, 0.3) is 0 Å². The summed E-state index contributed by atoms with van der Waals surface area (Å²) in [6.07, 6.45) is 8.59. The minimum absolute atomic E-state index is 0.176. The van der Waals surface area contributed by atoms with Gasteiger partial charge in [-0.1, -0.05) is 25.3 Å². The van der Waals surface area contributed by atoms with Crippen molar-refractivity contribution in [3.63, 3.8) is 0 Å². The van der Waals surface area contributed by atoms with Gasteiger partial charge in [-0.2, -0.15) is 0 Å². The Bertz CT molecular complexity index is 1010. The van der Waals surface area contributed by atoms with Crippen molar-refractivity contribution in [1.29, 1.82) is 0 Å². The van der Waals surface area contributed by atoms with Crippen molar-refractivity contribution in [1.82, 2.24) is 9.80 Å². The molecule has 3 heterocycles. The van der Waals surface area contributed by atoms with Crippen LogP contribution < -0.4 is 4.74 Å². The van der Waals surface area contributed by atoms with Crippen LogP contribution in [0, 0.1) is 11.8 Å². The summed E-state index contributed by atoms with van der Waals surface area (Å²) >= 11 is 1.88. The summed E-state index contributed by atoms with van der Waals surface area (Å²) in [5.74, 6) is -1.32. The molecular weight excluding hydrogens is 464 g/mol. The summed E-state index contributed by atoms with van der Waals surface area (Å²) in [6, 6.07) is 5.84. The number of carbonyl (C=O) groups is 3. The van der Waals surface area contributed by atoms with E-state index in [9.17, 15) is 14.4 Å². The predicted molar refractivity (Wildman–Crippen MR) is 133 cm³/mol. The van der Waals surface area contributed by atoms with Crippen molar-refractivity contribution in [3.05, 3.63) is 23.8 Å². The third-order valence-corrected chi connectivity index (χ3v) is 9.98. The molecule has 4 fully saturated rings. The molecule has 5 rings (SSSR count). The lowest BCUT2D eigenvalue weighted by Crippen LogP contribution is -2.59. The summed E-state index contributed by atoms with van der Waals surface area (Å²) in [5.41, 5.74) is -0.168. The van der Waals surface area contributed by atoms with Gasteiger partial charge in [-0.3, -0.25) is 24.2 Å². The number of imide groups is 1. The minimum atomic E-state index is -1.10. The average Bonchev–Trinajstić information content (AvgIpc) is 3.34. The van der Waals surface area contributed by atoms with E-state index in [1.54, 1.807) is 7.11 Å². The minimum Gasteiger partial charge on any atom is -0.496 e. The Kier molecular flexibility index (Phi) is 6.87. The molecule has 0 N–H and O–H groups in total. The van der Waals surface area contributed by atoms with Gasteiger partial charge in [-0.15, -0.1) is 11.8 Å². The fraction of sp³-hybridized carbons (Fsp3) is 0.667. The van der Waals surface area contributed by atoms with Crippen LogP contribution in [0.15, 0.2) is 23.1 Å². The quantitative estimate of drug-likeness (QED) is 0.428. The first-order valence-electron chi connectivity index (χ1n) is 13.0. The van der Waals surface area contributed by atoms with Gasteiger partial charge in [-0.25, -0.2) is 0 Å². The van der Waals surface area contributed by atoms with E-state index in [0.29, 0.717) is 24.8 Å². The van der Waals surface area contributed by atoms with Crippen LogP contribution in [-0.2, 0) is 19.1 Å². The van der Waals surface area contributed by atoms with E-state index in [0.717, 1.165) is 29.1 Å². The number of amides is 2. The highest BCUT2D eigenvalue weighted by Gasteiger charge is 2.72. The van der Waals surface area contributed by atoms with Crippen molar-refractivity contribution in [2.45, 2.75) is 80.0 Å². The maximum absolute atomic E-state index is 13.6. The second kappa shape index (κ2) is 9.77. The molecule has 3 saturated heterocycles. The van der Waals surface area contributed by atoms with Gasteiger partial charge >= 0.3 is 5.97 Å².